The fraction of sp³-hybridized carbons (Fsp3) is 0.857. The van der Waals surface area contributed by atoms with Crippen LogP contribution in [-0.2, 0) is 9.59 Å². The van der Waals surface area contributed by atoms with Gasteiger partial charge in [0.2, 0.25) is 11.8 Å². The second-order valence-corrected chi connectivity index (χ2v) is 6.30. The van der Waals surface area contributed by atoms with Crippen LogP contribution in [0, 0.1) is 5.92 Å². The first-order valence-electron chi connectivity index (χ1n) is 6.92. The lowest BCUT2D eigenvalue weighted by Crippen LogP contribution is -2.51. The van der Waals surface area contributed by atoms with Crippen LogP contribution in [0.25, 0.3) is 0 Å². The zero-order valence-electron chi connectivity index (χ0n) is 12.0. The van der Waals surface area contributed by atoms with E-state index in [0.717, 1.165) is 25.7 Å². The van der Waals surface area contributed by atoms with Gasteiger partial charge in [-0.1, -0.05) is 19.3 Å². The molecule has 0 bridgehead atoms. The Kier molecular flexibility index (Phi) is 5.17. The van der Waals surface area contributed by atoms with Crippen molar-refractivity contribution in [3.63, 3.8) is 0 Å². The molecule has 1 fully saturated rings. The van der Waals surface area contributed by atoms with E-state index in [0.29, 0.717) is 0 Å². The molecule has 1 saturated carbocycles. The molecule has 0 aliphatic heterocycles. The van der Waals surface area contributed by atoms with Gasteiger partial charge < -0.3 is 10.6 Å². The molecular weight excluding hydrogens is 228 g/mol. The summed E-state index contributed by atoms with van der Waals surface area (Å²) in [6.07, 6.45) is 5.39. The molecule has 1 aliphatic carbocycles. The molecule has 4 nitrogen and oxygen atoms in total. The Labute approximate surface area is 110 Å². The molecule has 0 aromatic rings. The predicted octanol–water partition coefficient (Wildman–Crippen LogP) is 1.99. The van der Waals surface area contributed by atoms with Gasteiger partial charge in [0, 0.05) is 11.5 Å². The van der Waals surface area contributed by atoms with Crippen molar-refractivity contribution in [1.82, 2.24) is 10.6 Å². The lowest BCUT2D eigenvalue weighted by Gasteiger charge is -2.26. The van der Waals surface area contributed by atoms with Gasteiger partial charge in [-0.15, -0.1) is 0 Å². The molecule has 1 unspecified atom stereocenters. The molecular formula is C14H26N2O2. The Balaban J connectivity index is 2.41. The third-order valence-electron chi connectivity index (χ3n) is 3.23. The first kappa shape index (κ1) is 15.0. The van der Waals surface area contributed by atoms with E-state index in [1.165, 1.54) is 6.42 Å². The molecule has 104 valence electrons. The maximum atomic E-state index is 12.0. The number of carbonyl (C=O) groups excluding carboxylic acids is 2. The normalized spacial score (nSPS) is 19.1. The number of carbonyl (C=O) groups is 2. The molecule has 0 radical (unpaired) electrons. The molecule has 0 spiro atoms. The zero-order valence-corrected chi connectivity index (χ0v) is 12.0. The Morgan fingerprint density at radius 2 is 1.67 bits per heavy atom. The molecule has 4 heteroatoms. The van der Waals surface area contributed by atoms with Gasteiger partial charge in [-0.05, 0) is 40.5 Å². The zero-order chi connectivity index (χ0) is 13.8. The topological polar surface area (TPSA) is 58.2 Å². The summed E-state index contributed by atoms with van der Waals surface area (Å²) in [7, 11) is 0. The van der Waals surface area contributed by atoms with E-state index >= 15 is 0 Å². The number of amides is 2. The van der Waals surface area contributed by atoms with Crippen LogP contribution < -0.4 is 10.6 Å². The quantitative estimate of drug-likeness (QED) is 0.809. The molecule has 0 aromatic heterocycles. The summed E-state index contributed by atoms with van der Waals surface area (Å²) in [6, 6.07) is -0.460. The van der Waals surface area contributed by atoms with E-state index in [2.05, 4.69) is 10.6 Å². The average Bonchev–Trinajstić information content (AvgIpc) is 2.27. The predicted molar refractivity (Wildman–Crippen MR) is 72.1 cm³/mol. The Morgan fingerprint density at radius 1 is 1.11 bits per heavy atom. The van der Waals surface area contributed by atoms with Gasteiger partial charge in [0.05, 0.1) is 0 Å². The van der Waals surface area contributed by atoms with Crippen molar-refractivity contribution in [3.8, 4) is 0 Å². The van der Waals surface area contributed by atoms with E-state index in [9.17, 15) is 9.59 Å². The van der Waals surface area contributed by atoms with Gasteiger partial charge in [-0.25, -0.2) is 0 Å². The highest BCUT2D eigenvalue weighted by Crippen LogP contribution is 2.23. The van der Waals surface area contributed by atoms with Gasteiger partial charge in [0.1, 0.15) is 6.04 Å². The van der Waals surface area contributed by atoms with E-state index in [1.54, 1.807) is 6.92 Å². The molecule has 2 N–H and O–H groups in total. The van der Waals surface area contributed by atoms with Gasteiger partial charge >= 0.3 is 0 Å². The lowest BCUT2D eigenvalue weighted by molar-refractivity contribution is -0.132. The van der Waals surface area contributed by atoms with Gasteiger partial charge in [0.15, 0.2) is 0 Å². The fourth-order valence-corrected chi connectivity index (χ4v) is 2.24. The van der Waals surface area contributed by atoms with Crippen LogP contribution in [0.3, 0.4) is 0 Å². The van der Waals surface area contributed by atoms with Crippen molar-refractivity contribution in [2.75, 3.05) is 0 Å². The summed E-state index contributed by atoms with van der Waals surface area (Å²) in [6.45, 7) is 7.53. The Bertz CT molecular complexity index is 301. The summed E-state index contributed by atoms with van der Waals surface area (Å²) in [4.78, 5) is 23.8. The van der Waals surface area contributed by atoms with E-state index in [1.807, 2.05) is 20.8 Å². The maximum Gasteiger partial charge on any atom is 0.242 e. The Hall–Kier alpha value is -1.06. The van der Waals surface area contributed by atoms with E-state index in [-0.39, 0.29) is 23.3 Å². The molecule has 0 aromatic carbocycles. The summed E-state index contributed by atoms with van der Waals surface area (Å²) in [5.74, 6) is 0.0153. The van der Waals surface area contributed by atoms with Crippen LogP contribution in [0.4, 0.5) is 0 Å². The third kappa shape index (κ3) is 5.07. The largest absolute Gasteiger partial charge is 0.350 e. The minimum Gasteiger partial charge on any atom is -0.350 e. The summed E-state index contributed by atoms with van der Waals surface area (Å²) < 4.78 is 0. The molecule has 0 heterocycles. The number of hydrogen-bond acceptors (Lipinski definition) is 2. The van der Waals surface area contributed by atoms with Crippen LogP contribution in [0.5, 0.6) is 0 Å². The SMILES string of the molecule is CC(NC(=O)C1CCCCC1)C(=O)NC(C)(C)C. The third-order valence-corrected chi connectivity index (χ3v) is 3.23. The fourth-order valence-electron chi connectivity index (χ4n) is 2.24. The highest BCUT2D eigenvalue weighted by Gasteiger charge is 2.25. The average molecular weight is 254 g/mol. The van der Waals surface area contributed by atoms with Crippen LogP contribution in [0.2, 0.25) is 0 Å². The summed E-state index contributed by atoms with van der Waals surface area (Å²) in [5.41, 5.74) is -0.263. The molecule has 0 saturated heterocycles. The number of hydrogen-bond donors (Lipinski definition) is 2. The maximum absolute atomic E-state index is 12.0. The minimum absolute atomic E-state index is 0.0336. The molecule has 2 amide bonds. The van der Waals surface area contributed by atoms with Crippen molar-refractivity contribution < 1.29 is 9.59 Å². The second-order valence-electron chi connectivity index (χ2n) is 6.30. The standard InChI is InChI=1S/C14H26N2O2/c1-10(12(17)16-14(2,3)4)15-13(18)11-8-6-5-7-9-11/h10-11H,5-9H2,1-4H3,(H,15,18)(H,16,17). The monoisotopic (exact) mass is 254 g/mol. The van der Waals surface area contributed by atoms with E-state index in [4.69, 9.17) is 0 Å². The molecule has 1 rings (SSSR count). The van der Waals surface area contributed by atoms with Crippen molar-refractivity contribution in [1.29, 1.82) is 0 Å². The van der Waals surface area contributed by atoms with Crippen LogP contribution >= 0.6 is 0 Å². The minimum atomic E-state index is -0.460. The summed E-state index contributed by atoms with van der Waals surface area (Å²) in [5, 5.41) is 5.69. The van der Waals surface area contributed by atoms with E-state index < -0.39 is 6.04 Å². The first-order chi connectivity index (χ1) is 8.29. The van der Waals surface area contributed by atoms with Gasteiger partial charge in [0.25, 0.3) is 0 Å². The number of nitrogens with one attached hydrogen (secondary N) is 2. The van der Waals surface area contributed by atoms with Crippen molar-refractivity contribution in [3.05, 3.63) is 0 Å². The van der Waals surface area contributed by atoms with Crippen molar-refractivity contribution in [2.45, 2.75) is 71.4 Å². The lowest BCUT2D eigenvalue weighted by atomic mass is 9.88. The van der Waals surface area contributed by atoms with Crippen molar-refractivity contribution >= 4 is 11.8 Å². The Morgan fingerprint density at radius 3 is 2.17 bits per heavy atom. The highest BCUT2D eigenvalue weighted by molar-refractivity contribution is 5.88. The first-order valence-corrected chi connectivity index (χ1v) is 6.92. The molecule has 1 aliphatic rings. The van der Waals surface area contributed by atoms with Crippen LogP contribution in [-0.4, -0.2) is 23.4 Å². The highest BCUT2D eigenvalue weighted by atomic mass is 16.2. The van der Waals surface area contributed by atoms with Gasteiger partial charge in [-0.3, -0.25) is 9.59 Å². The second kappa shape index (κ2) is 6.21. The summed E-state index contributed by atoms with van der Waals surface area (Å²) >= 11 is 0. The smallest absolute Gasteiger partial charge is 0.242 e. The van der Waals surface area contributed by atoms with Crippen LogP contribution in [0.15, 0.2) is 0 Å². The van der Waals surface area contributed by atoms with Gasteiger partial charge in [-0.2, -0.15) is 0 Å². The molecule has 1 atom stereocenters. The van der Waals surface area contributed by atoms with Crippen LogP contribution in [0.1, 0.15) is 59.8 Å². The van der Waals surface area contributed by atoms with Crippen molar-refractivity contribution in [2.24, 2.45) is 5.92 Å². The molecule has 18 heavy (non-hydrogen) atoms. The number of rotatable bonds is 3.